The van der Waals surface area contributed by atoms with Gasteiger partial charge in [-0.1, -0.05) is 31.4 Å². The van der Waals surface area contributed by atoms with Crippen molar-refractivity contribution in [1.82, 2.24) is 4.98 Å². The maximum Gasteiger partial charge on any atom is 0.193 e. The molecular formula is C16H19NO. The molecule has 0 aliphatic heterocycles. The van der Waals surface area contributed by atoms with Gasteiger partial charge in [0.15, 0.2) is 5.43 Å². The van der Waals surface area contributed by atoms with Crippen molar-refractivity contribution >= 4 is 10.9 Å². The maximum atomic E-state index is 12.6. The van der Waals surface area contributed by atoms with Crippen LogP contribution in [0.4, 0.5) is 0 Å². The molecule has 1 aliphatic rings. The molecule has 0 radical (unpaired) electrons. The van der Waals surface area contributed by atoms with Crippen LogP contribution in [-0.2, 0) is 0 Å². The summed E-state index contributed by atoms with van der Waals surface area (Å²) in [6, 6.07) is 7.82. The third kappa shape index (κ3) is 1.86. The largest absolute Gasteiger partial charge is 0.358 e. The fraction of sp³-hybridized carbons (Fsp3) is 0.438. The van der Waals surface area contributed by atoms with Gasteiger partial charge >= 0.3 is 0 Å². The fourth-order valence-corrected chi connectivity index (χ4v) is 3.26. The van der Waals surface area contributed by atoms with E-state index in [2.05, 4.69) is 4.98 Å². The first-order valence-electron chi connectivity index (χ1n) is 6.89. The highest BCUT2D eigenvalue weighted by molar-refractivity contribution is 5.79. The number of nitrogens with one attached hydrogen (secondary N) is 1. The summed E-state index contributed by atoms with van der Waals surface area (Å²) < 4.78 is 0. The third-order valence-corrected chi connectivity index (χ3v) is 4.16. The first-order chi connectivity index (χ1) is 8.77. The topological polar surface area (TPSA) is 32.9 Å². The number of hydrogen-bond donors (Lipinski definition) is 1. The molecule has 1 N–H and O–H groups in total. The highest BCUT2D eigenvalue weighted by Gasteiger charge is 2.21. The zero-order valence-electron chi connectivity index (χ0n) is 10.8. The van der Waals surface area contributed by atoms with Crippen LogP contribution in [0.3, 0.4) is 0 Å². The molecule has 1 aromatic heterocycles. The van der Waals surface area contributed by atoms with Crippen molar-refractivity contribution < 1.29 is 0 Å². The average Bonchev–Trinajstić information content (AvgIpc) is 2.40. The molecule has 1 aromatic carbocycles. The summed E-state index contributed by atoms with van der Waals surface area (Å²) in [7, 11) is 0. The van der Waals surface area contributed by atoms with E-state index < -0.39 is 0 Å². The van der Waals surface area contributed by atoms with Crippen molar-refractivity contribution in [3.8, 4) is 0 Å². The molecule has 0 unspecified atom stereocenters. The van der Waals surface area contributed by atoms with E-state index in [-0.39, 0.29) is 5.43 Å². The van der Waals surface area contributed by atoms with E-state index >= 15 is 0 Å². The zero-order valence-corrected chi connectivity index (χ0v) is 10.8. The Morgan fingerprint density at radius 3 is 2.61 bits per heavy atom. The molecule has 1 saturated carbocycles. The minimum absolute atomic E-state index is 0.244. The van der Waals surface area contributed by atoms with Crippen molar-refractivity contribution in [2.24, 2.45) is 0 Å². The van der Waals surface area contributed by atoms with Crippen molar-refractivity contribution in [2.75, 3.05) is 0 Å². The Labute approximate surface area is 107 Å². The maximum absolute atomic E-state index is 12.6. The number of aromatic amines is 1. The van der Waals surface area contributed by atoms with Gasteiger partial charge in [0.2, 0.25) is 0 Å². The smallest absolute Gasteiger partial charge is 0.193 e. The first kappa shape index (κ1) is 11.5. The predicted molar refractivity (Wildman–Crippen MR) is 75.1 cm³/mol. The Hall–Kier alpha value is -1.57. The van der Waals surface area contributed by atoms with Gasteiger partial charge in [-0.25, -0.2) is 0 Å². The summed E-state index contributed by atoms with van der Waals surface area (Å²) >= 11 is 0. The van der Waals surface area contributed by atoms with Crippen LogP contribution in [0, 0.1) is 6.92 Å². The summed E-state index contributed by atoms with van der Waals surface area (Å²) in [5, 5.41) is 0.837. The molecule has 18 heavy (non-hydrogen) atoms. The number of aryl methyl sites for hydroxylation is 1. The van der Waals surface area contributed by atoms with E-state index in [1.807, 2.05) is 31.2 Å². The Bertz CT molecular complexity index is 621. The van der Waals surface area contributed by atoms with Crippen molar-refractivity contribution in [1.29, 1.82) is 0 Å². The van der Waals surface area contributed by atoms with Crippen LogP contribution in [0.25, 0.3) is 10.9 Å². The van der Waals surface area contributed by atoms with Crippen molar-refractivity contribution in [3.05, 3.63) is 45.7 Å². The average molecular weight is 241 g/mol. The predicted octanol–water partition coefficient (Wildman–Crippen LogP) is 3.88. The molecule has 1 heterocycles. The Morgan fingerprint density at radius 2 is 1.83 bits per heavy atom. The normalized spacial score (nSPS) is 17.2. The number of aromatic nitrogens is 1. The van der Waals surface area contributed by atoms with Gasteiger partial charge < -0.3 is 4.98 Å². The van der Waals surface area contributed by atoms with Crippen LogP contribution in [0.5, 0.6) is 0 Å². The van der Waals surface area contributed by atoms with Crippen molar-refractivity contribution in [3.63, 3.8) is 0 Å². The molecule has 94 valence electrons. The lowest BCUT2D eigenvalue weighted by Crippen LogP contribution is -2.19. The number of para-hydroxylation sites is 1. The molecule has 3 rings (SSSR count). The van der Waals surface area contributed by atoms with Crippen LogP contribution in [0.1, 0.15) is 49.3 Å². The number of H-pyrrole nitrogens is 1. The van der Waals surface area contributed by atoms with Gasteiger partial charge in [0.05, 0.1) is 0 Å². The first-order valence-corrected chi connectivity index (χ1v) is 6.89. The minimum Gasteiger partial charge on any atom is -0.358 e. The summed E-state index contributed by atoms with van der Waals surface area (Å²) in [5.74, 6) is 0.465. The lowest BCUT2D eigenvalue weighted by molar-refractivity contribution is 0.440. The highest BCUT2D eigenvalue weighted by atomic mass is 16.1. The Kier molecular flexibility index (Phi) is 2.94. The van der Waals surface area contributed by atoms with Gasteiger partial charge in [-0.05, 0) is 37.8 Å². The Balaban J connectivity index is 2.19. The SMILES string of the molecule is Cc1[nH]c2ccccc2c(=O)c1C1CCCCC1. The highest BCUT2D eigenvalue weighted by Crippen LogP contribution is 2.32. The van der Waals surface area contributed by atoms with E-state index in [1.165, 1.54) is 32.1 Å². The van der Waals surface area contributed by atoms with Gasteiger partial charge in [-0.2, -0.15) is 0 Å². The van der Waals surface area contributed by atoms with Crippen molar-refractivity contribution in [2.45, 2.75) is 44.9 Å². The standard InChI is InChI=1S/C16H19NO/c1-11-15(12-7-3-2-4-8-12)16(18)13-9-5-6-10-14(13)17-11/h5-6,9-10,12H,2-4,7-8H2,1H3,(H,17,18). The molecule has 2 aromatic rings. The second kappa shape index (κ2) is 4.60. The van der Waals surface area contributed by atoms with Gasteiger partial charge in [-0.3, -0.25) is 4.79 Å². The second-order valence-electron chi connectivity index (χ2n) is 5.37. The van der Waals surface area contributed by atoms with E-state index in [1.54, 1.807) is 0 Å². The van der Waals surface area contributed by atoms with E-state index in [9.17, 15) is 4.79 Å². The lowest BCUT2D eigenvalue weighted by Gasteiger charge is -2.23. The molecule has 2 heteroatoms. The summed E-state index contributed by atoms with van der Waals surface area (Å²) in [6.45, 7) is 2.04. The second-order valence-corrected chi connectivity index (χ2v) is 5.37. The number of fused-ring (bicyclic) bond motifs is 1. The van der Waals surface area contributed by atoms with Crippen LogP contribution in [0.15, 0.2) is 29.1 Å². The van der Waals surface area contributed by atoms with E-state index in [0.717, 1.165) is 22.2 Å². The molecule has 0 spiro atoms. The quantitative estimate of drug-likeness (QED) is 0.807. The summed E-state index contributed by atoms with van der Waals surface area (Å²) in [6.07, 6.45) is 6.18. The molecule has 0 atom stereocenters. The number of hydrogen-bond acceptors (Lipinski definition) is 1. The minimum atomic E-state index is 0.244. The van der Waals surface area contributed by atoms with Gasteiger partial charge in [-0.15, -0.1) is 0 Å². The molecule has 1 aliphatic carbocycles. The molecule has 2 nitrogen and oxygen atoms in total. The van der Waals surface area contributed by atoms with Crippen LogP contribution >= 0.6 is 0 Å². The fourth-order valence-electron chi connectivity index (χ4n) is 3.26. The van der Waals surface area contributed by atoms with Crippen LogP contribution in [0.2, 0.25) is 0 Å². The van der Waals surface area contributed by atoms with E-state index in [0.29, 0.717) is 5.92 Å². The van der Waals surface area contributed by atoms with Crippen LogP contribution in [-0.4, -0.2) is 4.98 Å². The van der Waals surface area contributed by atoms with Gasteiger partial charge in [0, 0.05) is 22.2 Å². The lowest BCUT2D eigenvalue weighted by atomic mass is 9.83. The monoisotopic (exact) mass is 241 g/mol. The molecule has 1 fully saturated rings. The zero-order chi connectivity index (χ0) is 12.5. The molecule has 0 amide bonds. The number of pyridine rings is 1. The number of benzene rings is 1. The third-order valence-electron chi connectivity index (χ3n) is 4.16. The molecular weight excluding hydrogens is 222 g/mol. The van der Waals surface area contributed by atoms with Gasteiger partial charge in [0.1, 0.15) is 0 Å². The van der Waals surface area contributed by atoms with Gasteiger partial charge in [0.25, 0.3) is 0 Å². The Morgan fingerprint density at radius 1 is 1.11 bits per heavy atom. The van der Waals surface area contributed by atoms with Crippen LogP contribution < -0.4 is 5.43 Å². The molecule has 0 saturated heterocycles. The van der Waals surface area contributed by atoms with E-state index in [4.69, 9.17) is 0 Å². The molecule has 0 bridgehead atoms. The summed E-state index contributed by atoms with van der Waals surface area (Å²) in [4.78, 5) is 16.0. The summed E-state index contributed by atoms with van der Waals surface area (Å²) in [5.41, 5.74) is 3.30. The number of rotatable bonds is 1.